The lowest BCUT2D eigenvalue weighted by Crippen LogP contribution is -2.49. The van der Waals surface area contributed by atoms with Crippen LogP contribution >= 0.6 is 24.0 Å². The van der Waals surface area contributed by atoms with Gasteiger partial charge in [-0.1, -0.05) is 11.6 Å². The van der Waals surface area contributed by atoms with Crippen LogP contribution in [0.3, 0.4) is 0 Å². The summed E-state index contributed by atoms with van der Waals surface area (Å²) in [4.78, 5) is 4.56. The number of aromatic nitrogens is 2. The quantitative estimate of drug-likeness (QED) is 0.803. The Morgan fingerprint density at radius 3 is 2.85 bits per heavy atom. The number of sulfonamides is 1. The molecule has 2 aliphatic heterocycles. The molecule has 1 aromatic heterocycles. The highest BCUT2D eigenvalue weighted by atomic mass is 35.5. The van der Waals surface area contributed by atoms with Crippen molar-refractivity contribution in [2.24, 2.45) is 7.05 Å². The average Bonchev–Trinajstić information content (AvgIpc) is 3.20. The molecule has 148 valence electrons. The molecule has 3 heterocycles. The zero-order valence-electron chi connectivity index (χ0n) is 15.1. The number of nitrogens with zero attached hydrogens (tertiary/aromatic N) is 3. The van der Waals surface area contributed by atoms with Crippen LogP contribution < -0.4 is 10.1 Å². The molecule has 10 heteroatoms. The van der Waals surface area contributed by atoms with Crippen molar-refractivity contribution in [2.75, 3.05) is 19.6 Å². The van der Waals surface area contributed by atoms with Gasteiger partial charge in [-0.05, 0) is 19.1 Å². The van der Waals surface area contributed by atoms with E-state index >= 15 is 0 Å². The summed E-state index contributed by atoms with van der Waals surface area (Å²) in [5.74, 6) is 1.31. The number of rotatable bonds is 3. The van der Waals surface area contributed by atoms with Gasteiger partial charge in [-0.3, -0.25) is 0 Å². The molecule has 0 radical (unpaired) electrons. The predicted molar refractivity (Wildman–Crippen MR) is 105 cm³/mol. The summed E-state index contributed by atoms with van der Waals surface area (Å²) in [6, 6.07) is 2.82. The third-order valence-corrected chi connectivity index (χ3v) is 7.04. The van der Waals surface area contributed by atoms with Crippen LogP contribution in [-0.2, 0) is 23.5 Å². The Morgan fingerprint density at radius 1 is 1.37 bits per heavy atom. The van der Waals surface area contributed by atoms with E-state index in [1.807, 2.05) is 24.7 Å². The minimum Gasteiger partial charge on any atom is -0.489 e. The summed E-state index contributed by atoms with van der Waals surface area (Å²) in [6.07, 6.45) is 4.15. The van der Waals surface area contributed by atoms with Crippen LogP contribution in [0.2, 0.25) is 5.02 Å². The van der Waals surface area contributed by atoms with Crippen LogP contribution in [0, 0.1) is 0 Å². The summed E-state index contributed by atoms with van der Waals surface area (Å²) in [7, 11) is -1.85. The molecule has 1 aromatic carbocycles. The van der Waals surface area contributed by atoms with Crippen LogP contribution in [0.5, 0.6) is 5.75 Å². The fourth-order valence-corrected chi connectivity index (χ4v) is 5.65. The third kappa shape index (κ3) is 3.56. The number of imidazole rings is 1. The maximum absolute atomic E-state index is 13.4. The summed E-state index contributed by atoms with van der Waals surface area (Å²) in [5.41, 5.74) is 0.840. The summed E-state index contributed by atoms with van der Waals surface area (Å²) >= 11 is 6.31. The monoisotopic (exact) mass is 432 g/mol. The molecule has 0 aliphatic carbocycles. The van der Waals surface area contributed by atoms with Crippen molar-refractivity contribution < 1.29 is 13.2 Å². The lowest BCUT2D eigenvalue weighted by molar-refractivity contribution is 0.254. The van der Waals surface area contributed by atoms with Gasteiger partial charge in [0.15, 0.2) is 0 Å². The molecule has 0 saturated carbocycles. The summed E-state index contributed by atoms with van der Waals surface area (Å²) in [5, 5.41) is 3.60. The maximum Gasteiger partial charge on any atom is 0.243 e. The number of hydrogen-bond acceptors (Lipinski definition) is 5. The summed E-state index contributed by atoms with van der Waals surface area (Å²) in [6.45, 7) is 3.43. The minimum atomic E-state index is -3.72. The second-order valence-electron chi connectivity index (χ2n) is 6.76. The molecule has 2 aromatic rings. The maximum atomic E-state index is 13.4. The molecule has 2 aliphatic rings. The molecule has 27 heavy (non-hydrogen) atoms. The molecular formula is C17H22Cl2N4O3S. The fraction of sp³-hybridized carbons (Fsp3) is 0.471. The standard InChI is InChI=1S/C17H21ClN4O3S.ClH/c1-11-7-12-8-13(9-14(18)16(12)25-11)26(23,24)22-6-3-19-10-15(22)17-20-4-5-21(17)2;/h4-5,8-9,11,15,19H,3,6-7,10H2,1-2H3;1H. The van der Waals surface area contributed by atoms with Gasteiger partial charge in [0.05, 0.1) is 16.0 Å². The van der Waals surface area contributed by atoms with Crippen molar-refractivity contribution in [3.63, 3.8) is 0 Å². The molecular weight excluding hydrogens is 411 g/mol. The van der Waals surface area contributed by atoms with Crippen molar-refractivity contribution in [2.45, 2.75) is 30.4 Å². The van der Waals surface area contributed by atoms with Crippen LogP contribution in [0.4, 0.5) is 0 Å². The fourth-order valence-electron chi connectivity index (χ4n) is 3.63. The van der Waals surface area contributed by atoms with E-state index < -0.39 is 10.0 Å². The number of hydrogen-bond donors (Lipinski definition) is 1. The van der Waals surface area contributed by atoms with E-state index in [2.05, 4.69) is 10.3 Å². The van der Waals surface area contributed by atoms with Gasteiger partial charge in [-0.15, -0.1) is 12.4 Å². The van der Waals surface area contributed by atoms with Gasteiger partial charge >= 0.3 is 0 Å². The molecule has 0 spiro atoms. The molecule has 1 fully saturated rings. The van der Waals surface area contributed by atoms with E-state index in [1.54, 1.807) is 12.3 Å². The van der Waals surface area contributed by atoms with E-state index in [0.29, 0.717) is 42.7 Å². The third-order valence-electron chi connectivity index (χ3n) is 4.88. The van der Waals surface area contributed by atoms with Crippen molar-refractivity contribution in [1.29, 1.82) is 0 Å². The Balaban J connectivity index is 0.00000210. The zero-order chi connectivity index (χ0) is 18.5. The SMILES string of the molecule is CC1Cc2cc(S(=O)(=O)N3CCNCC3c3nccn3C)cc(Cl)c2O1.Cl. The second kappa shape index (κ2) is 7.60. The first kappa shape index (κ1) is 20.4. The van der Waals surface area contributed by atoms with Crippen LogP contribution in [-0.4, -0.2) is 48.0 Å². The lowest BCUT2D eigenvalue weighted by atomic mass is 10.1. The highest BCUT2D eigenvalue weighted by Crippen LogP contribution is 2.39. The molecule has 2 atom stereocenters. The molecule has 0 bridgehead atoms. The van der Waals surface area contributed by atoms with Gasteiger partial charge in [-0.25, -0.2) is 13.4 Å². The minimum absolute atomic E-state index is 0. The highest BCUT2D eigenvalue weighted by Gasteiger charge is 2.37. The van der Waals surface area contributed by atoms with E-state index in [4.69, 9.17) is 16.3 Å². The number of fused-ring (bicyclic) bond motifs is 1. The van der Waals surface area contributed by atoms with Gasteiger partial charge in [0.25, 0.3) is 0 Å². The molecule has 1 N–H and O–H groups in total. The number of aryl methyl sites for hydroxylation is 1. The van der Waals surface area contributed by atoms with Gasteiger partial charge in [0.1, 0.15) is 17.7 Å². The second-order valence-corrected chi connectivity index (χ2v) is 9.06. The largest absolute Gasteiger partial charge is 0.489 e. The smallest absolute Gasteiger partial charge is 0.243 e. The Bertz CT molecular complexity index is 948. The number of piperazine rings is 1. The Morgan fingerprint density at radius 2 is 2.15 bits per heavy atom. The number of halogens is 2. The van der Waals surface area contributed by atoms with Crippen LogP contribution in [0.25, 0.3) is 0 Å². The summed E-state index contributed by atoms with van der Waals surface area (Å²) < 4.78 is 35.9. The first-order valence-corrected chi connectivity index (χ1v) is 10.4. The van der Waals surface area contributed by atoms with Gasteiger partial charge < -0.3 is 14.6 Å². The van der Waals surface area contributed by atoms with Crippen molar-refractivity contribution in [3.8, 4) is 5.75 Å². The highest BCUT2D eigenvalue weighted by molar-refractivity contribution is 7.89. The predicted octanol–water partition coefficient (Wildman–Crippen LogP) is 2.15. The Hall–Kier alpha value is -1.32. The van der Waals surface area contributed by atoms with E-state index in [-0.39, 0.29) is 29.4 Å². The number of nitrogens with one attached hydrogen (secondary N) is 1. The molecule has 2 unspecified atom stereocenters. The van der Waals surface area contributed by atoms with E-state index in [0.717, 1.165) is 5.56 Å². The van der Waals surface area contributed by atoms with Gasteiger partial charge in [0.2, 0.25) is 10.0 Å². The number of benzene rings is 1. The lowest BCUT2D eigenvalue weighted by Gasteiger charge is -2.34. The van der Waals surface area contributed by atoms with Crippen molar-refractivity contribution in [3.05, 3.63) is 40.9 Å². The van der Waals surface area contributed by atoms with Crippen molar-refractivity contribution in [1.82, 2.24) is 19.2 Å². The van der Waals surface area contributed by atoms with E-state index in [9.17, 15) is 8.42 Å². The molecule has 1 saturated heterocycles. The molecule has 4 rings (SSSR count). The average molecular weight is 433 g/mol. The van der Waals surface area contributed by atoms with Gasteiger partial charge in [-0.2, -0.15) is 4.31 Å². The van der Waals surface area contributed by atoms with Crippen LogP contribution in [0.1, 0.15) is 24.4 Å². The van der Waals surface area contributed by atoms with Gasteiger partial charge in [0, 0.05) is 51.1 Å². The zero-order valence-corrected chi connectivity index (χ0v) is 17.4. The number of ether oxygens (including phenoxy) is 1. The molecule has 7 nitrogen and oxygen atoms in total. The Labute approximate surface area is 170 Å². The topological polar surface area (TPSA) is 76.5 Å². The van der Waals surface area contributed by atoms with Crippen LogP contribution in [0.15, 0.2) is 29.4 Å². The Kier molecular flexibility index (Phi) is 5.74. The normalized spacial score (nSPS) is 22.8. The first-order chi connectivity index (χ1) is 12.4. The van der Waals surface area contributed by atoms with Crippen molar-refractivity contribution >= 4 is 34.0 Å². The first-order valence-electron chi connectivity index (χ1n) is 8.57. The van der Waals surface area contributed by atoms with E-state index in [1.165, 1.54) is 10.4 Å². The molecule has 0 amide bonds.